The summed E-state index contributed by atoms with van der Waals surface area (Å²) in [7, 11) is -1.28. The first-order chi connectivity index (χ1) is 10.0. The van der Waals surface area contributed by atoms with Gasteiger partial charge in [0, 0.05) is 22.7 Å². The molecule has 6 heteroatoms. The second-order valence-corrected chi connectivity index (χ2v) is 7.09. The molecule has 3 rings (SSSR count). The van der Waals surface area contributed by atoms with Crippen LogP contribution in [0.1, 0.15) is 11.1 Å². The largest absolute Gasteiger partial charge is 0.493 e. The van der Waals surface area contributed by atoms with Crippen LogP contribution in [0.4, 0.5) is 5.69 Å². The summed E-state index contributed by atoms with van der Waals surface area (Å²) in [6.45, 7) is 0.637. The number of hydrogen-bond acceptors (Lipinski definition) is 3. The average molecular weight is 342 g/mol. The highest BCUT2D eigenvalue weighted by Crippen LogP contribution is 2.35. The predicted octanol–water partition coefficient (Wildman–Crippen LogP) is 3.82. The van der Waals surface area contributed by atoms with E-state index < -0.39 is 10.8 Å². The van der Waals surface area contributed by atoms with Gasteiger partial charge >= 0.3 is 0 Å². The molecule has 0 amide bonds. The Hall–Kier alpha value is -1.23. The summed E-state index contributed by atoms with van der Waals surface area (Å²) in [5.74, 6) is 1.12. The number of benzene rings is 2. The van der Waals surface area contributed by atoms with Crippen LogP contribution in [0.2, 0.25) is 10.0 Å². The Balaban J connectivity index is 1.92. The Kier molecular flexibility index (Phi) is 4.11. The first-order valence-electron chi connectivity index (χ1n) is 6.42. The summed E-state index contributed by atoms with van der Waals surface area (Å²) in [5, 5.41) is 1.04. The quantitative estimate of drug-likeness (QED) is 0.863. The van der Waals surface area contributed by atoms with Crippen molar-refractivity contribution in [3.05, 3.63) is 51.5 Å². The van der Waals surface area contributed by atoms with E-state index in [0.717, 1.165) is 23.3 Å². The van der Waals surface area contributed by atoms with Gasteiger partial charge in [-0.05, 0) is 35.9 Å². The van der Waals surface area contributed by atoms with Crippen LogP contribution in [0.15, 0.2) is 35.2 Å². The van der Waals surface area contributed by atoms with Crippen LogP contribution in [-0.2, 0) is 23.0 Å². The predicted molar refractivity (Wildman–Crippen MR) is 86.6 cm³/mol. The molecule has 0 saturated carbocycles. The summed E-state index contributed by atoms with van der Waals surface area (Å²) in [6.07, 6.45) is 0.832. The lowest BCUT2D eigenvalue weighted by Gasteiger charge is -2.10. The topological polar surface area (TPSA) is 52.3 Å². The van der Waals surface area contributed by atoms with E-state index in [1.54, 1.807) is 24.3 Å². The molecular formula is C15H13Cl2NO2S. The molecule has 1 heterocycles. The number of rotatable bonds is 3. The Bertz CT molecular complexity index is 734. The van der Waals surface area contributed by atoms with Crippen molar-refractivity contribution in [3.8, 4) is 5.75 Å². The number of nitrogens with two attached hydrogens (primary N) is 1. The summed E-state index contributed by atoms with van der Waals surface area (Å²) in [6, 6.07) is 8.69. The lowest BCUT2D eigenvalue weighted by molar-refractivity contribution is 0.354. The van der Waals surface area contributed by atoms with Gasteiger partial charge in [-0.2, -0.15) is 0 Å². The highest BCUT2D eigenvalue weighted by molar-refractivity contribution is 7.84. The van der Waals surface area contributed by atoms with Crippen LogP contribution < -0.4 is 10.5 Å². The van der Waals surface area contributed by atoms with E-state index in [-0.39, 0.29) is 0 Å². The van der Waals surface area contributed by atoms with Gasteiger partial charge in [0.05, 0.1) is 33.1 Å². The maximum absolute atomic E-state index is 12.5. The Labute approximate surface area is 135 Å². The fourth-order valence-corrected chi connectivity index (χ4v) is 4.23. The fourth-order valence-electron chi connectivity index (χ4n) is 2.37. The van der Waals surface area contributed by atoms with Gasteiger partial charge in [0.1, 0.15) is 5.75 Å². The van der Waals surface area contributed by atoms with Crippen molar-refractivity contribution in [1.29, 1.82) is 0 Å². The SMILES string of the molecule is Nc1ccc(S(=O)Cc2cc(Cl)cc3c2OCC3)c(Cl)c1. The molecule has 1 aliphatic heterocycles. The summed E-state index contributed by atoms with van der Waals surface area (Å²) < 4.78 is 18.2. The molecule has 0 radical (unpaired) electrons. The normalized spacial score (nSPS) is 14.6. The van der Waals surface area contributed by atoms with Crippen molar-refractivity contribution >= 4 is 39.7 Å². The van der Waals surface area contributed by atoms with Crippen LogP contribution in [0.25, 0.3) is 0 Å². The number of anilines is 1. The molecule has 2 N–H and O–H groups in total. The Morgan fingerprint density at radius 1 is 1.24 bits per heavy atom. The first-order valence-corrected chi connectivity index (χ1v) is 8.49. The molecule has 110 valence electrons. The van der Waals surface area contributed by atoms with Gasteiger partial charge in [0.2, 0.25) is 0 Å². The zero-order valence-corrected chi connectivity index (χ0v) is 13.4. The van der Waals surface area contributed by atoms with Gasteiger partial charge in [-0.1, -0.05) is 23.2 Å². The van der Waals surface area contributed by atoms with E-state index in [9.17, 15) is 4.21 Å². The minimum absolute atomic E-state index is 0.312. The Morgan fingerprint density at radius 2 is 2.05 bits per heavy atom. The lowest BCUT2D eigenvalue weighted by atomic mass is 10.1. The highest BCUT2D eigenvalue weighted by atomic mass is 35.5. The molecule has 21 heavy (non-hydrogen) atoms. The monoisotopic (exact) mass is 341 g/mol. The van der Waals surface area contributed by atoms with Crippen molar-refractivity contribution in [2.24, 2.45) is 0 Å². The molecule has 0 fully saturated rings. The summed E-state index contributed by atoms with van der Waals surface area (Å²) in [4.78, 5) is 0.567. The average Bonchev–Trinajstić information content (AvgIpc) is 2.86. The molecule has 0 bridgehead atoms. The summed E-state index contributed by atoms with van der Waals surface area (Å²) in [5.41, 5.74) is 8.12. The van der Waals surface area contributed by atoms with Crippen molar-refractivity contribution in [2.45, 2.75) is 17.1 Å². The van der Waals surface area contributed by atoms with Gasteiger partial charge in [0.15, 0.2) is 0 Å². The molecule has 2 aromatic carbocycles. The van der Waals surface area contributed by atoms with Crippen LogP contribution >= 0.6 is 23.2 Å². The molecule has 1 aliphatic rings. The number of halogens is 2. The molecule has 2 aromatic rings. The maximum atomic E-state index is 12.5. The molecule has 0 saturated heterocycles. The van der Waals surface area contributed by atoms with Gasteiger partial charge in [-0.25, -0.2) is 0 Å². The van der Waals surface area contributed by atoms with E-state index in [1.807, 2.05) is 6.07 Å². The third-order valence-electron chi connectivity index (χ3n) is 3.31. The van der Waals surface area contributed by atoms with Crippen molar-refractivity contribution in [1.82, 2.24) is 0 Å². The zero-order valence-electron chi connectivity index (χ0n) is 11.1. The van der Waals surface area contributed by atoms with Crippen molar-refractivity contribution in [2.75, 3.05) is 12.3 Å². The van der Waals surface area contributed by atoms with Crippen LogP contribution in [-0.4, -0.2) is 10.8 Å². The van der Waals surface area contributed by atoms with Crippen LogP contribution in [0, 0.1) is 0 Å². The van der Waals surface area contributed by atoms with E-state index >= 15 is 0 Å². The lowest BCUT2D eigenvalue weighted by Crippen LogP contribution is -2.00. The Morgan fingerprint density at radius 3 is 2.81 bits per heavy atom. The molecule has 0 aromatic heterocycles. The van der Waals surface area contributed by atoms with Crippen LogP contribution in [0.3, 0.4) is 0 Å². The smallest absolute Gasteiger partial charge is 0.126 e. The van der Waals surface area contributed by atoms with Gasteiger partial charge in [0.25, 0.3) is 0 Å². The van der Waals surface area contributed by atoms with Gasteiger partial charge < -0.3 is 10.5 Å². The number of fused-ring (bicyclic) bond motifs is 1. The summed E-state index contributed by atoms with van der Waals surface area (Å²) >= 11 is 12.2. The molecule has 0 aliphatic carbocycles. The van der Waals surface area contributed by atoms with E-state index in [0.29, 0.717) is 33.0 Å². The van der Waals surface area contributed by atoms with E-state index in [2.05, 4.69) is 0 Å². The van der Waals surface area contributed by atoms with E-state index in [4.69, 9.17) is 33.7 Å². The minimum Gasteiger partial charge on any atom is -0.493 e. The third-order valence-corrected chi connectivity index (χ3v) is 5.38. The zero-order chi connectivity index (χ0) is 15.0. The fraction of sp³-hybridized carbons (Fsp3) is 0.200. The van der Waals surface area contributed by atoms with Crippen molar-refractivity contribution in [3.63, 3.8) is 0 Å². The molecule has 1 atom stereocenters. The number of hydrogen-bond donors (Lipinski definition) is 1. The van der Waals surface area contributed by atoms with Crippen molar-refractivity contribution < 1.29 is 8.95 Å². The highest BCUT2D eigenvalue weighted by Gasteiger charge is 2.20. The molecule has 1 unspecified atom stereocenters. The van der Waals surface area contributed by atoms with Gasteiger partial charge in [-0.15, -0.1) is 0 Å². The second-order valence-electron chi connectivity index (χ2n) is 4.83. The molecule has 3 nitrogen and oxygen atoms in total. The third kappa shape index (κ3) is 3.03. The van der Waals surface area contributed by atoms with Gasteiger partial charge in [-0.3, -0.25) is 4.21 Å². The number of ether oxygens (including phenoxy) is 1. The van der Waals surface area contributed by atoms with E-state index in [1.165, 1.54) is 0 Å². The van der Waals surface area contributed by atoms with Crippen LogP contribution in [0.5, 0.6) is 5.75 Å². The minimum atomic E-state index is -1.28. The first kappa shape index (κ1) is 14.7. The molecular weight excluding hydrogens is 329 g/mol. The second kappa shape index (κ2) is 5.87. The molecule has 0 spiro atoms. The number of nitrogen functional groups attached to an aromatic ring is 1. The standard InChI is InChI=1S/C15H13Cl2NO2S/c16-11-5-9-3-4-20-15(9)10(6-11)8-21(19)14-2-1-12(18)7-13(14)17/h1-2,5-7H,3-4,8,18H2. The maximum Gasteiger partial charge on any atom is 0.126 e.